The highest BCUT2D eigenvalue weighted by Crippen LogP contribution is 2.28. The predicted octanol–water partition coefficient (Wildman–Crippen LogP) is 3.26. The number of nitrogens with two attached hydrogens (primary N) is 1. The minimum Gasteiger partial charge on any atom is -0.435 e. The number of hydrogen-bond donors (Lipinski definition) is 1. The lowest BCUT2D eigenvalue weighted by molar-refractivity contribution is 0.424. The second kappa shape index (κ2) is 5.32. The molecule has 1 heterocycles. The van der Waals surface area contributed by atoms with Gasteiger partial charge in [-0.2, -0.15) is 0 Å². The zero-order chi connectivity index (χ0) is 14.0. The summed E-state index contributed by atoms with van der Waals surface area (Å²) < 4.78 is 19.4. The van der Waals surface area contributed by atoms with E-state index >= 15 is 0 Å². The summed E-state index contributed by atoms with van der Waals surface area (Å²) in [6.07, 6.45) is 1.57. The lowest BCUT2D eigenvalue weighted by atomic mass is 10.1. The maximum atomic E-state index is 13.9. The van der Waals surface area contributed by atoms with Crippen molar-refractivity contribution in [1.82, 2.24) is 4.98 Å². The quantitative estimate of drug-likeness (QED) is 0.874. The van der Waals surface area contributed by atoms with Gasteiger partial charge in [0.1, 0.15) is 4.99 Å². The minimum absolute atomic E-state index is 0.107. The van der Waals surface area contributed by atoms with E-state index in [2.05, 4.69) is 4.98 Å². The number of aryl methyl sites for hydroxylation is 2. The third-order valence-electron chi connectivity index (χ3n) is 2.73. The summed E-state index contributed by atoms with van der Waals surface area (Å²) in [5, 5.41) is 0. The van der Waals surface area contributed by atoms with Gasteiger partial charge in [0, 0.05) is 6.20 Å². The molecule has 0 aliphatic heterocycles. The molecule has 2 N–H and O–H groups in total. The molecule has 0 spiro atoms. The molecule has 2 rings (SSSR count). The Kier molecular flexibility index (Phi) is 3.76. The third kappa shape index (κ3) is 2.71. The summed E-state index contributed by atoms with van der Waals surface area (Å²) in [6, 6.07) is 6.69. The van der Waals surface area contributed by atoms with Crippen LogP contribution in [0.4, 0.5) is 4.39 Å². The van der Waals surface area contributed by atoms with Crippen LogP contribution in [-0.2, 0) is 0 Å². The van der Waals surface area contributed by atoms with Gasteiger partial charge in [-0.15, -0.1) is 0 Å². The number of aromatic nitrogens is 1. The molecule has 0 aliphatic carbocycles. The van der Waals surface area contributed by atoms with Crippen molar-refractivity contribution in [3.8, 4) is 11.6 Å². The monoisotopic (exact) mass is 276 g/mol. The fourth-order valence-electron chi connectivity index (χ4n) is 1.71. The second-order valence-electron chi connectivity index (χ2n) is 4.16. The Labute approximate surface area is 116 Å². The van der Waals surface area contributed by atoms with E-state index in [1.807, 2.05) is 6.92 Å². The lowest BCUT2D eigenvalue weighted by Crippen LogP contribution is -2.13. The Hall–Kier alpha value is -2.01. The number of ether oxygens (including phenoxy) is 1. The summed E-state index contributed by atoms with van der Waals surface area (Å²) in [5.74, 6) is -0.0905. The van der Waals surface area contributed by atoms with E-state index in [1.165, 1.54) is 6.07 Å². The Bertz CT molecular complexity index is 643. The van der Waals surface area contributed by atoms with Gasteiger partial charge in [-0.05, 0) is 37.1 Å². The van der Waals surface area contributed by atoms with Crippen molar-refractivity contribution in [3.63, 3.8) is 0 Å². The molecule has 98 valence electrons. The number of hydrogen-bond acceptors (Lipinski definition) is 3. The molecule has 0 aliphatic rings. The van der Waals surface area contributed by atoms with E-state index < -0.39 is 5.82 Å². The van der Waals surface area contributed by atoms with Gasteiger partial charge in [-0.1, -0.05) is 24.4 Å². The predicted molar refractivity (Wildman–Crippen MR) is 76.1 cm³/mol. The highest BCUT2D eigenvalue weighted by atomic mass is 32.1. The maximum Gasteiger partial charge on any atom is 0.229 e. The first-order valence-corrected chi connectivity index (χ1v) is 6.10. The van der Waals surface area contributed by atoms with Gasteiger partial charge in [-0.3, -0.25) is 0 Å². The zero-order valence-corrected chi connectivity index (χ0v) is 11.4. The van der Waals surface area contributed by atoms with E-state index in [-0.39, 0.29) is 16.6 Å². The van der Waals surface area contributed by atoms with Crippen LogP contribution in [0.3, 0.4) is 0 Å². The van der Waals surface area contributed by atoms with Gasteiger partial charge in [0.15, 0.2) is 11.6 Å². The maximum absolute atomic E-state index is 13.9. The molecule has 5 heteroatoms. The molecule has 1 aromatic heterocycles. The molecule has 0 unspecified atom stereocenters. The number of benzene rings is 1. The summed E-state index contributed by atoms with van der Waals surface area (Å²) >= 11 is 4.98. The Morgan fingerprint density at radius 3 is 2.68 bits per heavy atom. The van der Waals surface area contributed by atoms with Crippen molar-refractivity contribution in [2.75, 3.05) is 0 Å². The fraction of sp³-hybridized carbons (Fsp3) is 0.143. The molecular weight excluding hydrogens is 263 g/mol. The average molecular weight is 276 g/mol. The van der Waals surface area contributed by atoms with Gasteiger partial charge in [0.05, 0.1) is 5.56 Å². The van der Waals surface area contributed by atoms with Crippen molar-refractivity contribution in [2.45, 2.75) is 13.8 Å². The summed E-state index contributed by atoms with van der Waals surface area (Å²) in [4.78, 5) is 4.25. The van der Waals surface area contributed by atoms with Crippen LogP contribution < -0.4 is 10.5 Å². The first kappa shape index (κ1) is 13.4. The molecular formula is C14H13FN2OS. The van der Waals surface area contributed by atoms with Crippen LogP contribution in [0.2, 0.25) is 0 Å². The van der Waals surface area contributed by atoms with Crippen LogP contribution in [0.15, 0.2) is 30.5 Å². The van der Waals surface area contributed by atoms with E-state index in [1.54, 1.807) is 31.3 Å². The van der Waals surface area contributed by atoms with E-state index in [4.69, 9.17) is 22.7 Å². The van der Waals surface area contributed by atoms with Crippen LogP contribution in [0.5, 0.6) is 11.6 Å². The van der Waals surface area contributed by atoms with Crippen molar-refractivity contribution < 1.29 is 9.13 Å². The van der Waals surface area contributed by atoms with Gasteiger partial charge in [-0.25, -0.2) is 9.37 Å². The van der Waals surface area contributed by atoms with Crippen molar-refractivity contribution in [3.05, 3.63) is 53.0 Å². The fourth-order valence-corrected chi connectivity index (χ4v) is 1.96. The van der Waals surface area contributed by atoms with Gasteiger partial charge >= 0.3 is 0 Å². The summed E-state index contributed by atoms with van der Waals surface area (Å²) in [6.45, 7) is 3.51. The normalized spacial score (nSPS) is 10.3. The first-order valence-electron chi connectivity index (χ1n) is 5.69. The average Bonchev–Trinajstić information content (AvgIpc) is 2.34. The van der Waals surface area contributed by atoms with Crippen LogP contribution in [0.25, 0.3) is 0 Å². The van der Waals surface area contributed by atoms with Crippen LogP contribution >= 0.6 is 12.2 Å². The molecule has 19 heavy (non-hydrogen) atoms. The molecule has 0 atom stereocenters. The van der Waals surface area contributed by atoms with Gasteiger partial charge < -0.3 is 10.5 Å². The van der Waals surface area contributed by atoms with Gasteiger partial charge in [0.2, 0.25) is 5.88 Å². The molecule has 2 aromatic rings. The highest BCUT2D eigenvalue weighted by Gasteiger charge is 2.14. The number of pyridine rings is 1. The Balaban J connectivity index is 2.47. The van der Waals surface area contributed by atoms with Crippen LogP contribution in [0.1, 0.15) is 16.7 Å². The number of rotatable bonds is 3. The molecule has 3 nitrogen and oxygen atoms in total. The van der Waals surface area contributed by atoms with E-state index in [0.717, 1.165) is 5.56 Å². The van der Waals surface area contributed by atoms with E-state index in [0.29, 0.717) is 11.1 Å². The first-order chi connectivity index (χ1) is 9.00. The molecule has 0 amide bonds. The van der Waals surface area contributed by atoms with Crippen LogP contribution in [-0.4, -0.2) is 9.97 Å². The van der Waals surface area contributed by atoms with Crippen molar-refractivity contribution in [2.24, 2.45) is 5.73 Å². The highest BCUT2D eigenvalue weighted by molar-refractivity contribution is 7.80. The largest absolute Gasteiger partial charge is 0.435 e. The number of nitrogens with zero attached hydrogens (tertiary/aromatic N) is 1. The smallest absolute Gasteiger partial charge is 0.229 e. The van der Waals surface area contributed by atoms with Crippen LogP contribution in [0, 0.1) is 19.7 Å². The van der Waals surface area contributed by atoms with Crippen molar-refractivity contribution >= 4 is 17.2 Å². The summed E-state index contributed by atoms with van der Waals surface area (Å²) in [7, 11) is 0. The molecule has 0 saturated heterocycles. The lowest BCUT2D eigenvalue weighted by Gasteiger charge is -2.12. The SMILES string of the molecule is Cc1cccc(Oc2nccc(C)c2C(N)=S)c1F. The molecule has 0 bridgehead atoms. The van der Waals surface area contributed by atoms with Gasteiger partial charge in [0.25, 0.3) is 0 Å². The van der Waals surface area contributed by atoms with E-state index in [9.17, 15) is 4.39 Å². The Morgan fingerprint density at radius 1 is 1.26 bits per heavy atom. The zero-order valence-electron chi connectivity index (χ0n) is 10.6. The van der Waals surface area contributed by atoms with Crippen molar-refractivity contribution in [1.29, 1.82) is 0 Å². The second-order valence-corrected chi connectivity index (χ2v) is 4.60. The number of halogens is 1. The standard InChI is InChI=1S/C14H13FN2OS/c1-8-6-7-17-14(11(8)13(16)19)18-10-5-3-4-9(2)12(10)15/h3-7H,1-2H3,(H2,16,19). The topological polar surface area (TPSA) is 48.1 Å². The Morgan fingerprint density at radius 2 is 2.00 bits per heavy atom. The minimum atomic E-state index is -0.417. The molecule has 0 saturated carbocycles. The molecule has 0 fully saturated rings. The molecule has 1 aromatic carbocycles. The number of thiocarbonyl (C=S) groups is 1. The summed E-state index contributed by atoms with van der Waals surface area (Å²) in [5.41, 5.74) is 7.52. The molecule has 0 radical (unpaired) electrons. The third-order valence-corrected chi connectivity index (χ3v) is 2.94.